The van der Waals surface area contributed by atoms with E-state index in [0.717, 1.165) is 30.2 Å². The average Bonchev–Trinajstić information content (AvgIpc) is 2.86. The first kappa shape index (κ1) is 15.1. The van der Waals surface area contributed by atoms with Crippen LogP contribution in [0.1, 0.15) is 26.7 Å². The molecule has 1 aromatic carbocycles. The fourth-order valence-corrected chi connectivity index (χ4v) is 2.55. The molecule has 1 heterocycles. The second-order valence-corrected chi connectivity index (χ2v) is 6.59. The number of benzene rings is 1. The number of nitrogens with zero attached hydrogens (tertiary/aromatic N) is 1. The molecular weight excluding hydrogens is 268 g/mol. The maximum atomic E-state index is 5.86. The molecule has 108 valence electrons. The number of hydrogen-bond donors (Lipinski definition) is 1. The van der Waals surface area contributed by atoms with E-state index >= 15 is 0 Å². The quantitative estimate of drug-likeness (QED) is 0.845. The molecule has 0 spiro atoms. The van der Waals surface area contributed by atoms with Gasteiger partial charge < -0.3 is 9.73 Å². The van der Waals surface area contributed by atoms with Crippen LogP contribution in [0, 0.1) is 0 Å². The first-order valence-electron chi connectivity index (χ1n) is 6.83. The molecule has 1 aromatic heterocycles. The summed E-state index contributed by atoms with van der Waals surface area (Å²) in [6, 6.07) is 8.24. The van der Waals surface area contributed by atoms with Crippen molar-refractivity contribution in [3.8, 4) is 11.3 Å². The second kappa shape index (κ2) is 6.46. The van der Waals surface area contributed by atoms with Gasteiger partial charge in [-0.15, -0.1) is 11.8 Å². The maximum absolute atomic E-state index is 5.86. The first-order chi connectivity index (χ1) is 9.49. The first-order valence-corrected chi connectivity index (χ1v) is 8.05. The van der Waals surface area contributed by atoms with Gasteiger partial charge in [-0.3, -0.25) is 0 Å². The van der Waals surface area contributed by atoms with Crippen LogP contribution < -0.4 is 5.32 Å². The summed E-state index contributed by atoms with van der Waals surface area (Å²) in [6.07, 6.45) is 4.70. The summed E-state index contributed by atoms with van der Waals surface area (Å²) in [7, 11) is 0. The van der Waals surface area contributed by atoms with Gasteiger partial charge in [0.1, 0.15) is 0 Å². The van der Waals surface area contributed by atoms with Crippen molar-refractivity contribution in [1.29, 1.82) is 0 Å². The molecule has 0 aliphatic rings. The topological polar surface area (TPSA) is 38.1 Å². The van der Waals surface area contributed by atoms with Crippen molar-refractivity contribution in [2.45, 2.75) is 37.6 Å². The van der Waals surface area contributed by atoms with E-state index in [1.54, 1.807) is 11.8 Å². The predicted octanol–water partition coefficient (Wildman–Crippen LogP) is 3.99. The lowest BCUT2D eigenvalue weighted by Gasteiger charge is -2.19. The summed E-state index contributed by atoms with van der Waals surface area (Å²) in [5.74, 6) is 1.63. The average molecular weight is 290 g/mol. The molecule has 0 fully saturated rings. The van der Waals surface area contributed by atoms with Crippen molar-refractivity contribution >= 4 is 11.8 Å². The van der Waals surface area contributed by atoms with Gasteiger partial charge in [-0.05, 0) is 33.1 Å². The molecule has 0 bridgehead atoms. The molecule has 0 unspecified atom stereocenters. The highest BCUT2D eigenvalue weighted by molar-refractivity contribution is 7.98. The molecule has 0 radical (unpaired) electrons. The van der Waals surface area contributed by atoms with E-state index in [2.05, 4.69) is 49.5 Å². The summed E-state index contributed by atoms with van der Waals surface area (Å²) < 4.78 is 5.86. The SMILES string of the molecule is CSc1ccccc1-c1cnc(CCNC(C)(C)C)o1. The summed E-state index contributed by atoms with van der Waals surface area (Å²) in [6.45, 7) is 7.34. The molecule has 0 aliphatic heterocycles. The zero-order valence-electron chi connectivity index (χ0n) is 12.6. The molecule has 0 atom stereocenters. The van der Waals surface area contributed by atoms with Crippen LogP contribution in [0.25, 0.3) is 11.3 Å². The highest BCUT2D eigenvalue weighted by atomic mass is 32.2. The Kier molecular flexibility index (Phi) is 4.89. The lowest BCUT2D eigenvalue weighted by atomic mass is 10.1. The van der Waals surface area contributed by atoms with E-state index in [1.807, 2.05) is 18.3 Å². The standard InChI is InChI=1S/C16H22N2OS/c1-16(2,3)18-10-9-15-17-11-13(19-15)12-7-5-6-8-14(12)20-4/h5-8,11,18H,9-10H2,1-4H3. The van der Waals surface area contributed by atoms with Crippen molar-refractivity contribution in [3.63, 3.8) is 0 Å². The molecule has 0 amide bonds. The van der Waals surface area contributed by atoms with Gasteiger partial charge in [-0.1, -0.05) is 18.2 Å². The molecule has 0 saturated heterocycles. The summed E-state index contributed by atoms with van der Waals surface area (Å²) in [5.41, 5.74) is 1.24. The fraction of sp³-hybridized carbons (Fsp3) is 0.438. The predicted molar refractivity (Wildman–Crippen MR) is 85.2 cm³/mol. The third-order valence-corrected chi connectivity index (χ3v) is 3.72. The van der Waals surface area contributed by atoms with Gasteiger partial charge in [-0.25, -0.2) is 4.98 Å². The highest BCUT2D eigenvalue weighted by Gasteiger charge is 2.12. The molecule has 3 nitrogen and oxygen atoms in total. The van der Waals surface area contributed by atoms with E-state index in [4.69, 9.17) is 4.42 Å². The Balaban J connectivity index is 2.05. The minimum atomic E-state index is 0.126. The third-order valence-electron chi connectivity index (χ3n) is 2.92. The summed E-state index contributed by atoms with van der Waals surface area (Å²) >= 11 is 1.72. The number of nitrogens with one attached hydrogen (secondary N) is 1. The lowest BCUT2D eigenvalue weighted by Crippen LogP contribution is -2.37. The smallest absolute Gasteiger partial charge is 0.196 e. The van der Waals surface area contributed by atoms with Crippen molar-refractivity contribution < 1.29 is 4.42 Å². The van der Waals surface area contributed by atoms with E-state index in [9.17, 15) is 0 Å². The Bertz CT molecular complexity index is 558. The van der Waals surface area contributed by atoms with Gasteiger partial charge in [0, 0.05) is 29.0 Å². The lowest BCUT2D eigenvalue weighted by molar-refractivity contribution is 0.411. The fourth-order valence-electron chi connectivity index (χ4n) is 1.94. The van der Waals surface area contributed by atoms with Crippen molar-refractivity contribution in [2.75, 3.05) is 12.8 Å². The van der Waals surface area contributed by atoms with Crippen LogP contribution in [-0.4, -0.2) is 23.3 Å². The third kappa shape index (κ3) is 4.12. The Morgan fingerprint density at radius 3 is 2.70 bits per heavy atom. The maximum Gasteiger partial charge on any atom is 0.196 e. The van der Waals surface area contributed by atoms with Gasteiger partial charge >= 0.3 is 0 Å². The van der Waals surface area contributed by atoms with Crippen molar-refractivity contribution in [1.82, 2.24) is 10.3 Å². The van der Waals surface area contributed by atoms with Crippen molar-refractivity contribution in [2.24, 2.45) is 0 Å². The van der Waals surface area contributed by atoms with Gasteiger partial charge in [0.05, 0.1) is 6.20 Å². The van der Waals surface area contributed by atoms with Crippen LogP contribution in [0.4, 0.5) is 0 Å². The number of hydrogen-bond acceptors (Lipinski definition) is 4. The molecule has 0 saturated carbocycles. The van der Waals surface area contributed by atoms with Gasteiger partial charge in [-0.2, -0.15) is 0 Å². The van der Waals surface area contributed by atoms with Gasteiger partial charge in [0.25, 0.3) is 0 Å². The van der Waals surface area contributed by atoms with Gasteiger partial charge in [0.15, 0.2) is 11.7 Å². The van der Waals surface area contributed by atoms with E-state index < -0.39 is 0 Å². The number of thioether (sulfide) groups is 1. The highest BCUT2D eigenvalue weighted by Crippen LogP contribution is 2.30. The Morgan fingerprint density at radius 2 is 2.00 bits per heavy atom. The Morgan fingerprint density at radius 1 is 1.25 bits per heavy atom. The van der Waals surface area contributed by atoms with Crippen LogP contribution >= 0.6 is 11.8 Å². The van der Waals surface area contributed by atoms with E-state index in [0.29, 0.717) is 0 Å². The van der Waals surface area contributed by atoms with Gasteiger partial charge in [0.2, 0.25) is 0 Å². The molecule has 4 heteroatoms. The number of aromatic nitrogens is 1. The van der Waals surface area contributed by atoms with Crippen LogP contribution in [0.2, 0.25) is 0 Å². The summed E-state index contributed by atoms with van der Waals surface area (Å²) in [5, 5.41) is 3.44. The summed E-state index contributed by atoms with van der Waals surface area (Å²) in [4.78, 5) is 5.58. The number of oxazole rings is 1. The Labute approximate surface area is 125 Å². The second-order valence-electron chi connectivity index (χ2n) is 5.75. The normalized spacial score (nSPS) is 11.8. The van der Waals surface area contributed by atoms with Crippen LogP contribution in [0.3, 0.4) is 0 Å². The monoisotopic (exact) mass is 290 g/mol. The minimum Gasteiger partial charge on any atom is -0.441 e. The largest absolute Gasteiger partial charge is 0.441 e. The zero-order chi connectivity index (χ0) is 14.6. The van der Waals surface area contributed by atoms with E-state index in [-0.39, 0.29) is 5.54 Å². The van der Waals surface area contributed by atoms with Crippen LogP contribution in [0.5, 0.6) is 0 Å². The molecule has 20 heavy (non-hydrogen) atoms. The molecular formula is C16H22N2OS. The molecule has 0 aliphatic carbocycles. The van der Waals surface area contributed by atoms with Crippen LogP contribution in [-0.2, 0) is 6.42 Å². The number of rotatable bonds is 5. The minimum absolute atomic E-state index is 0.126. The van der Waals surface area contributed by atoms with E-state index in [1.165, 1.54) is 4.90 Å². The molecule has 2 rings (SSSR count). The molecule has 1 N–H and O–H groups in total. The zero-order valence-corrected chi connectivity index (χ0v) is 13.4. The Hall–Kier alpha value is -1.26. The van der Waals surface area contributed by atoms with Crippen LogP contribution in [0.15, 0.2) is 39.8 Å². The molecule has 2 aromatic rings. The van der Waals surface area contributed by atoms with Crippen molar-refractivity contribution in [3.05, 3.63) is 36.4 Å².